The third-order valence-electron chi connectivity index (χ3n) is 4.03. The molecule has 24 heavy (non-hydrogen) atoms. The van der Waals surface area contributed by atoms with Gasteiger partial charge in [0.2, 0.25) is 5.91 Å². The molecule has 8 heteroatoms. The van der Waals surface area contributed by atoms with E-state index in [4.69, 9.17) is 0 Å². The van der Waals surface area contributed by atoms with Gasteiger partial charge in [0.25, 0.3) is 5.91 Å². The quantitative estimate of drug-likeness (QED) is 0.837. The van der Waals surface area contributed by atoms with Crippen molar-refractivity contribution in [2.45, 2.75) is 44.9 Å². The Morgan fingerprint density at radius 3 is 2.46 bits per heavy atom. The molecule has 0 spiro atoms. The fourth-order valence-electron chi connectivity index (χ4n) is 2.88. The number of alkyl halides is 3. The number of piperidine rings is 1. The zero-order valence-corrected chi connectivity index (χ0v) is 13.3. The first kappa shape index (κ1) is 18.2. The van der Waals surface area contributed by atoms with Crippen LogP contribution in [-0.4, -0.2) is 41.5 Å². The van der Waals surface area contributed by atoms with Gasteiger partial charge in [-0.05, 0) is 43.5 Å². The predicted molar refractivity (Wildman–Crippen MR) is 78.9 cm³/mol. The van der Waals surface area contributed by atoms with Gasteiger partial charge < -0.3 is 10.2 Å². The molecule has 0 aliphatic carbocycles. The summed E-state index contributed by atoms with van der Waals surface area (Å²) < 4.78 is 53.1. The summed E-state index contributed by atoms with van der Waals surface area (Å²) in [6.45, 7) is 2.47. The molecule has 1 fully saturated rings. The van der Waals surface area contributed by atoms with Gasteiger partial charge in [0.15, 0.2) is 0 Å². The van der Waals surface area contributed by atoms with Crippen molar-refractivity contribution in [1.29, 1.82) is 0 Å². The van der Waals surface area contributed by atoms with E-state index in [-0.39, 0.29) is 36.4 Å². The lowest BCUT2D eigenvalue weighted by Gasteiger charge is -2.40. The minimum atomic E-state index is -4.56. The zero-order valence-electron chi connectivity index (χ0n) is 13.3. The fraction of sp³-hybridized carbons (Fsp3) is 0.500. The molecular formula is C16H18F4N2O2. The molecule has 0 aromatic heterocycles. The maximum Gasteiger partial charge on any atom is 0.408 e. The Balaban J connectivity index is 2.29. The van der Waals surface area contributed by atoms with Crippen LogP contribution < -0.4 is 5.32 Å². The van der Waals surface area contributed by atoms with Gasteiger partial charge in [0, 0.05) is 25.1 Å². The third kappa shape index (κ3) is 4.04. The summed E-state index contributed by atoms with van der Waals surface area (Å²) in [6, 6.07) is 1.00. The van der Waals surface area contributed by atoms with E-state index in [1.807, 2.05) is 0 Å². The van der Waals surface area contributed by atoms with E-state index in [0.717, 1.165) is 11.0 Å². The number of carbonyl (C=O) groups excluding carboxylic acids is 2. The Bertz CT molecular complexity index is 645. The van der Waals surface area contributed by atoms with Crippen LogP contribution in [-0.2, 0) is 4.79 Å². The van der Waals surface area contributed by atoms with Crippen LogP contribution in [0.2, 0.25) is 0 Å². The lowest BCUT2D eigenvalue weighted by molar-refractivity contribution is -0.184. The topological polar surface area (TPSA) is 49.4 Å². The molecule has 1 aliphatic rings. The highest BCUT2D eigenvalue weighted by atomic mass is 19.4. The van der Waals surface area contributed by atoms with Crippen molar-refractivity contribution in [3.8, 4) is 0 Å². The Morgan fingerprint density at radius 2 is 1.92 bits per heavy atom. The first-order valence-corrected chi connectivity index (χ1v) is 7.50. The number of benzene rings is 1. The summed E-state index contributed by atoms with van der Waals surface area (Å²) in [5, 5.41) is 2.55. The molecule has 0 radical (unpaired) electrons. The Hall–Kier alpha value is -2.12. The van der Waals surface area contributed by atoms with Crippen LogP contribution in [0.25, 0.3) is 0 Å². The van der Waals surface area contributed by atoms with E-state index >= 15 is 0 Å². The number of nitrogens with zero attached hydrogens (tertiary/aromatic N) is 1. The lowest BCUT2D eigenvalue weighted by atomic mass is 9.96. The Kier molecular flexibility index (Phi) is 5.15. The van der Waals surface area contributed by atoms with Crippen LogP contribution in [0.1, 0.15) is 35.7 Å². The van der Waals surface area contributed by atoms with Gasteiger partial charge in [-0.2, -0.15) is 13.2 Å². The third-order valence-corrected chi connectivity index (χ3v) is 4.03. The van der Waals surface area contributed by atoms with Gasteiger partial charge >= 0.3 is 6.18 Å². The summed E-state index contributed by atoms with van der Waals surface area (Å²) in [5.41, 5.74) is 0.173. The zero-order chi connectivity index (χ0) is 18.1. The molecule has 2 atom stereocenters. The molecular weight excluding hydrogens is 328 g/mol. The molecule has 4 nitrogen and oxygen atoms in total. The first-order chi connectivity index (χ1) is 11.1. The number of carbonyl (C=O) groups is 2. The number of hydrogen-bond donors (Lipinski definition) is 1. The minimum absolute atomic E-state index is 0.00775. The highest BCUT2D eigenvalue weighted by molar-refractivity contribution is 5.94. The van der Waals surface area contributed by atoms with Crippen LogP contribution in [0.5, 0.6) is 0 Å². The van der Waals surface area contributed by atoms with E-state index in [0.29, 0.717) is 0 Å². The number of likely N-dealkylation sites (tertiary alicyclic amines) is 1. The molecule has 1 saturated heterocycles. The van der Waals surface area contributed by atoms with Crippen molar-refractivity contribution in [3.05, 3.63) is 35.1 Å². The lowest BCUT2D eigenvalue weighted by Crippen LogP contribution is -2.58. The number of hydrogen-bond acceptors (Lipinski definition) is 2. The molecule has 132 valence electrons. The SMILES string of the molecule is CC(=O)NC1CCC(C(F)(F)F)N(C(=O)c2ccc(F)c(C)c2)C1. The van der Waals surface area contributed by atoms with E-state index in [1.54, 1.807) is 0 Å². The van der Waals surface area contributed by atoms with Gasteiger partial charge in [0.05, 0.1) is 0 Å². The van der Waals surface area contributed by atoms with Gasteiger partial charge in [-0.15, -0.1) is 0 Å². The van der Waals surface area contributed by atoms with E-state index < -0.39 is 30.0 Å². The molecule has 2 amide bonds. The van der Waals surface area contributed by atoms with Crippen molar-refractivity contribution in [1.82, 2.24) is 10.2 Å². The molecule has 1 aliphatic heterocycles. The van der Waals surface area contributed by atoms with Crippen molar-refractivity contribution in [3.63, 3.8) is 0 Å². The monoisotopic (exact) mass is 346 g/mol. The average Bonchev–Trinajstić information content (AvgIpc) is 2.47. The van der Waals surface area contributed by atoms with Gasteiger partial charge in [0.1, 0.15) is 11.9 Å². The van der Waals surface area contributed by atoms with E-state index in [1.165, 1.54) is 26.0 Å². The maximum absolute atomic E-state index is 13.3. The summed E-state index contributed by atoms with van der Waals surface area (Å²) in [4.78, 5) is 24.4. The van der Waals surface area contributed by atoms with Gasteiger partial charge in [-0.3, -0.25) is 9.59 Å². The van der Waals surface area contributed by atoms with Crippen LogP contribution in [0.15, 0.2) is 18.2 Å². The molecule has 2 rings (SSSR count). The van der Waals surface area contributed by atoms with Gasteiger partial charge in [-0.25, -0.2) is 4.39 Å². The van der Waals surface area contributed by atoms with Crippen LogP contribution >= 0.6 is 0 Å². The molecule has 2 unspecified atom stereocenters. The summed E-state index contributed by atoms with van der Waals surface area (Å²) in [6.07, 6.45) is -4.72. The number of halogens is 4. The van der Waals surface area contributed by atoms with Crippen molar-refractivity contribution in [2.24, 2.45) is 0 Å². The number of rotatable bonds is 2. The molecule has 1 aromatic carbocycles. The summed E-state index contributed by atoms with van der Waals surface area (Å²) in [7, 11) is 0. The van der Waals surface area contributed by atoms with E-state index in [9.17, 15) is 27.2 Å². The molecule has 1 heterocycles. The summed E-state index contributed by atoms with van der Waals surface area (Å²) in [5.74, 6) is -1.72. The molecule has 1 N–H and O–H groups in total. The normalized spacial score (nSPS) is 21.5. The van der Waals surface area contributed by atoms with Crippen LogP contribution in [0.3, 0.4) is 0 Å². The van der Waals surface area contributed by atoms with Crippen molar-refractivity contribution >= 4 is 11.8 Å². The number of amides is 2. The smallest absolute Gasteiger partial charge is 0.352 e. The van der Waals surface area contributed by atoms with E-state index in [2.05, 4.69) is 5.32 Å². The fourth-order valence-corrected chi connectivity index (χ4v) is 2.88. The first-order valence-electron chi connectivity index (χ1n) is 7.50. The number of nitrogens with one attached hydrogen (secondary N) is 1. The highest BCUT2D eigenvalue weighted by Crippen LogP contribution is 2.33. The summed E-state index contributed by atoms with van der Waals surface area (Å²) >= 11 is 0. The second-order valence-corrected chi connectivity index (χ2v) is 5.95. The molecule has 0 saturated carbocycles. The average molecular weight is 346 g/mol. The second kappa shape index (κ2) is 6.78. The van der Waals surface area contributed by atoms with Crippen molar-refractivity contribution in [2.75, 3.05) is 6.54 Å². The van der Waals surface area contributed by atoms with Crippen molar-refractivity contribution < 1.29 is 27.2 Å². The molecule has 0 bridgehead atoms. The second-order valence-electron chi connectivity index (χ2n) is 5.95. The Morgan fingerprint density at radius 1 is 1.25 bits per heavy atom. The standard InChI is InChI=1S/C16H18F4N2O2/c1-9-7-11(3-5-13(9)17)15(24)22-8-12(21-10(2)23)4-6-14(22)16(18,19)20/h3,5,7,12,14H,4,6,8H2,1-2H3,(H,21,23). The van der Waals surface area contributed by atoms with Gasteiger partial charge in [-0.1, -0.05) is 0 Å². The largest absolute Gasteiger partial charge is 0.408 e. The van der Waals surface area contributed by atoms with Crippen LogP contribution in [0, 0.1) is 12.7 Å². The maximum atomic E-state index is 13.3. The molecule has 1 aromatic rings. The number of aryl methyl sites for hydroxylation is 1. The Labute approximate surface area is 136 Å². The predicted octanol–water partition coefficient (Wildman–Crippen LogP) is 2.81. The highest BCUT2D eigenvalue weighted by Gasteiger charge is 2.48. The van der Waals surface area contributed by atoms with Crippen LogP contribution in [0.4, 0.5) is 17.6 Å². The minimum Gasteiger partial charge on any atom is -0.352 e.